The summed E-state index contributed by atoms with van der Waals surface area (Å²) in [5.41, 5.74) is 6.79. The molecular formula is C20H22N4O2. The molecule has 0 aliphatic carbocycles. The minimum atomic E-state index is 0.00972. The van der Waals surface area contributed by atoms with E-state index in [0.29, 0.717) is 25.2 Å². The number of aryl methyl sites for hydroxylation is 3. The van der Waals surface area contributed by atoms with Crippen LogP contribution in [-0.4, -0.2) is 37.3 Å². The van der Waals surface area contributed by atoms with Gasteiger partial charge in [0.25, 0.3) is 5.91 Å². The van der Waals surface area contributed by atoms with Gasteiger partial charge in [0.05, 0.1) is 42.7 Å². The fourth-order valence-corrected chi connectivity index (χ4v) is 3.64. The molecule has 0 spiro atoms. The van der Waals surface area contributed by atoms with E-state index >= 15 is 0 Å². The molecule has 1 aromatic carbocycles. The topological polar surface area (TPSA) is 71.2 Å². The summed E-state index contributed by atoms with van der Waals surface area (Å²) in [4.78, 5) is 19.8. The van der Waals surface area contributed by atoms with Gasteiger partial charge in [0.2, 0.25) is 0 Å². The highest BCUT2D eigenvalue weighted by molar-refractivity contribution is 6.07. The van der Waals surface area contributed by atoms with Crippen molar-refractivity contribution in [1.82, 2.24) is 19.7 Å². The Balaban J connectivity index is 1.73. The largest absolute Gasteiger partial charge is 0.394 e. The molecule has 0 radical (unpaired) electrons. The molecule has 1 aliphatic rings. The molecule has 6 nitrogen and oxygen atoms in total. The van der Waals surface area contributed by atoms with Crippen molar-refractivity contribution in [3.8, 4) is 0 Å². The monoisotopic (exact) mass is 350 g/mol. The number of carbonyl (C=O) groups excluding carboxylic acids is 1. The van der Waals surface area contributed by atoms with E-state index in [2.05, 4.69) is 17.0 Å². The third kappa shape index (κ3) is 2.57. The number of hydrogen-bond acceptors (Lipinski definition) is 4. The van der Waals surface area contributed by atoms with Crippen molar-refractivity contribution in [2.45, 2.75) is 40.4 Å². The zero-order valence-electron chi connectivity index (χ0n) is 15.3. The van der Waals surface area contributed by atoms with Gasteiger partial charge in [-0.25, -0.2) is 0 Å². The molecule has 0 unspecified atom stereocenters. The van der Waals surface area contributed by atoms with Crippen LogP contribution >= 0.6 is 0 Å². The SMILES string of the molecule is Cc1cc(C(=O)N2Cc3cnn(CCO)c3C2)c2ccc(C)c(C)c2n1. The lowest BCUT2D eigenvalue weighted by Gasteiger charge is -2.18. The summed E-state index contributed by atoms with van der Waals surface area (Å²) in [5, 5.41) is 14.4. The van der Waals surface area contributed by atoms with Crippen LogP contribution in [0.3, 0.4) is 0 Å². The van der Waals surface area contributed by atoms with Crippen molar-refractivity contribution in [3.05, 3.63) is 58.0 Å². The summed E-state index contributed by atoms with van der Waals surface area (Å²) in [7, 11) is 0. The van der Waals surface area contributed by atoms with Crippen LogP contribution in [0.4, 0.5) is 0 Å². The molecule has 1 N–H and O–H groups in total. The van der Waals surface area contributed by atoms with Crippen molar-refractivity contribution in [1.29, 1.82) is 0 Å². The molecule has 0 saturated heterocycles. The van der Waals surface area contributed by atoms with Gasteiger partial charge in [-0.3, -0.25) is 14.5 Å². The van der Waals surface area contributed by atoms with Gasteiger partial charge in [0.15, 0.2) is 0 Å². The third-order valence-electron chi connectivity index (χ3n) is 5.20. The molecular weight excluding hydrogens is 328 g/mol. The predicted molar refractivity (Wildman–Crippen MR) is 98.8 cm³/mol. The van der Waals surface area contributed by atoms with Crippen LogP contribution in [0.2, 0.25) is 0 Å². The standard InChI is InChI=1S/C20H22N4O2/c1-12-4-5-16-17(8-13(2)22-19(16)14(12)3)20(26)23-10-15-9-21-24(6-7-25)18(15)11-23/h4-5,8-9,25H,6-7,10-11H2,1-3H3. The number of hydrogen-bond donors (Lipinski definition) is 1. The Bertz CT molecular complexity index is 1020. The Morgan fingerprint density at radius 1 is 1.23 bits per heavy atom. The van der Waals surface area contributed by atoms with Crippen LogP contribution in [0.25, 0.3) is 10.9 Å². The maximum absolute atomic E-state index is 13.3. The van der Waals surface area contributed by atoms with Crippen LogP contribution in [0.1, 0.15) is 38.4 Å². The smallest absolute Gasteiger partial charge is 0.255 e. The van der Waals surface area contributed by atoms with E-state index < -0.39 is 0 Å². The molecule has 3 heterocycles. The number of aliphatic hydroxyl groups excluding tert-OH is 1. The highest BCUT2D eigenvalue weighted by Gasteiger charge is 2.29. The second-order valence-corrected chi connectivity index (χ2v) is 6.94. The zero-order valence-corrected chi connectivity index (χ0v) is 15.3. The van der Waals surface area contributed by atoms with E-state index in [9.17, 15) is 9.90 Å². The van der Waals surface area contributed by atoms with Crippen LogP contribution in [0, 0.1) is 20.8 Å². The molecule has 134 valence electrons. The molecule has 1 amide bonds. The van der Waals surface area contributed by atoms with Crippen molar-refractivity contribution in [2.24, 2.45) is 0 Å². The van der Waals surface area contributed by atoms with Crippen LogP contribution in [0.15, 0.2) is 24.4 Å². The second-order valence-electron chi connectivity index (χ2n) is 6.94. The van der Waals surface area contributed by atoms with Crippen LogP contribution < -0.4 is 0 Å². The summed E-state index contributed by atoms with van der Waals surface area (Å²) in [6, 6.07) is 5.92. The number of nitrogens with zero attached hydrogens (tertiary/aromatic N) is 4. The van der Waals surface area contributed by atoms with Crippen molar-refractivity contribution in [3.63, 3.8) is 0 Å². The van der Waals surface area contributed by atoms with E-state index in [1.54, 1.807) is 10.9 Å². The van der Waals surface area contributed by atoms with Gasteiger partial charge in [-0.1, -0.05) is 12.1 Å². The molecule has 3 aromatic rings. The molecule has 1 aliphatic heterocycles. The first kappa shape index (κ1) is 16.7. The zero-order chi connectivity index (χ0) is 18.4. The Morgan fingerprint density at radius 3 is 2.81 bits per heavy atom. The summed E-state index contributed by atoms with van der Waals surface area (Å²) >= 11 is 0. The predicted octanol–water partition coefficient (Wildman–Crippen LogP) is 2.50. The molecule has 4 rings (SSSR count). The second kappa shape index (κ2) is 6.21. The molecule has 0 atom stereocenters. The number of fused-ring (bicyclic) bond motifs is 2. The Kier molecular flexibility index (Phi) is 4.00. The van der Waals surface area contributed by atoms with Crippen molar-refractivity contribution in [2.75, 3.05) is 6.61 Å². The quantitative estimate of drug-likeness (QED) is 0.788. The summed E-state index contributed by atoms with van der Waals surface area (Å²) < 4.78 is 1.78. The average molecular weight is 350 g/mol. The van der Waals surface area contributed by atoms with Gasteiger partial charge in [0.1, 0.15) is 0 Å². The number of aliphatic hydroxyl groups is 1. The first-order chi connectivity index (χ1) is 12.5. The van der Waals surface area contributed by atoms with Gasteiger partial charge in [-0.05, 0) is 38.0 Å². The number of aromatic nitrogens is 3. The van der Waals surface area contributed by atoms with E-state index in [1.165, 1.54) is 5.56 Å². The molecule has 2 aromatic heterocycles. The lowest BCUT2D eigenvalue weighted by atomic mass is 10.0. The fourth-order valence-electron chi connectivity index (χ4n) is 3.64. The molecule has 0 bridgehead atoms. The van der Waals surface area contributed by atoms with Gasteiger partial charge in [-0.15, -0.1) is 0 Å². The fraction of sp³-hybridized carbons (Fsp3) is 0.350. The van der Waals surface area contributed by atoms with Gasteiger partial charge >= 0.3 is 0 Å². The Labute approximate surface area is 152 Å². The summed E-state index contributed by atoms with van der Waals surface area (Å²) in [5.74, 6) is 0.00972. The van der Waals surface area contributed by atoms with E-state index in [-0.39, 0.29) is 12.5 Å². The Hall–Kier alpha value is -2.73. The number of rotatable bonds is 3. The molecule has 0 saturated carbocycles. The third-order valence-corrected chi connectivity index (χ3v) is 5.20. The maximum Gasteiger partial charge on any atom is 0.255 e. The first-order valence-electron chi connectivity index (χ1n) is 8.81. The minimum absolute atomic E-state index is 0.00972. The normalized spacial score (nSPS) is 13.5. The number of pyridine rings is 1. The lowest BCUT2D eigenvalue weighted by molar-refractivity contribution is 0.0749. The summed E-state index contributed by atoms with van der Waals surface area (Å²) in [6.45, 7) is 7.59. The average Bonchev–Trinajstić information content (AvgIpc) is 3.19. The van der Waals surface area contributed by atoms with E-state index in [0.717, 1.165) is 33.4 Å². The van der Waals surface area contributed by atoms with Gasteiger partial charge in [0, 0.05) is 23.2 Å². The first-order valence-corrected chi connectivity index (χ1v) is 8.81. The Morgan fingerprint density at radius 2 is 2.04 bits per heavy atom. The maximum atomic E-state index is 13.3. The molecule has 26 heavy (non-hydrogen) atoms. The lowest BCUT2D eigenvalue weighted by Crippen LogP contribution is -2.27. The molecule has 0 fully saturated rings. The van der Waals surface area contributed by atoms with Crippen LogP contribution in [-0.2, 0) is 19.6 Å². The van der Waals surface area contributed by atoms with E-state index in [4.69, 9.17) is 0 Å². The highest BCUT2D eigenvalue weighted by Crippen LogP contribution is 2.28. The minimum Gasteiger partial charge on any atom is -0.394 e. The van der Waals surface area contributed by atoms with Crippen molar-refractivity contribution >= 4 is 16.8 Å². The highest BCUT2D eigenvalue weighted by atomic mass is 16.3. The van der Waals surface area contributed by atoms with E-state index in [1.807, 2.05) is 36.9 Å². The van der Waals surface area contributed by atoms with Gasteiger partial charge < -0.3 is 10.0 Å². The number of amides is 1. The molecule has 6 heteroatoms. The number of benzene rings is 1. The number of carbonyl (C=O) groups is 1. The summed E-state index contributed by atoms with van der Waals surface area (Å²) in [6.07, 6.45) is 1.79. The van der Waals surface area contributed by atoms with Crippen LogP contribution in [0.5, 0.6) is 0 Å². The van der Waals surface area contributed by atoms with Crippen molar-refractivity contribution < 1.29 is 9.90 Å². The van der Waals surface area contributed by atoms with Gasteiger partial charge in [-0.2, -0.15) is 5.10 Å².